The van der Waals surface area contributed by atoms with E-state index in [1.807, 2.05) is 85.8 Å². The summed E-state index contributed by atoms with van der Waals surface area (Å²) >= 11 is 6.78. The van der Waals surface area contributed by atoms with Gasteiger partial charge in [0.15, 0.2) is 0 Å². The Bertz CT molecular complexity index is 1060. The van der Waals surface area contributed by atoms with Gasteiger partial charge in [-0.1, -0.05) is 96.8 Å². The van der Waals surface area contributed by atoms with Crippen molar-refractivity contribution in [1.29, 1.82) is 0 Å². The number of amides is 1. The maximum Gasteiger partial charge on any atom is 0.266 e. The van der Waals surface area contributed by atoms with Crippen LogP contribution in [0.25, 0.3) is 6.08 Å². The Morgan fingerprint density at radius 3 is 2.27 bits per heavy atom. The lowest BCUT2D eigenvalue weighted by atomic mass is 10.1. The van der Waals surface area contributed by atoms with Gasteiger partial charge in [-0.2, -0.15) is 0 Å². The fourth-order valence-corrected chi connectivity index (χ4v) is 4.45. The Morgan fingerprint density at radius 2 is 1.60 bits per heavy atom. The Labute approximate surface area is 186 Å². The molecule has 0 aromatic heterocycles. The molecule has 0 bridgehead atoms. The molecule has 1 heterocycles. The van der Waals surface area contributed by atoms with E-state index < -0.39 is 0 Å². The number of carbonyl (C=O) groups excluding carboxylic acids is 1. The van der Waals surface area contributed by atoms with Crippen molar-refractivity contribution in [3.05, 3.63) is 107 Å². The summed E-state index contributed by atoms with van der Waals surface area (Å²) in [6.07, 6.45) is 1.85. The normalized spacial score (nSPS) is 16.2. The summed E-state index contributed by atoms with van der Waals surface area (Å²) < 4.78 is 6.61. The van der Waals surface area contributed by atoms with Crippen LogP contribution in [0.15, 0.2) is 89.8 Å². The molecule has 0 spiro atoms. The lowest BCUT2D eigenvalue weighted by Gasteiger charge is -2.15. The van der Waals surface area contributed by atoms with Gasteiger partial charge in [-0.3, -0.25) is 9.69 Å². The van der Waals surface area contributed by atoms with Gasteiger partial charge in [-0.05, 0) is 41.8 Å². The average Bonchev–Trinajstić information content (AvgIpc) is 3.04. The molecule has 150 valence electrons. The minimum Gasteiger partial charge on any atom is -0.486 e. The molecule has 1 amide bonds. The van der Waals surface area contributed by atoms with Crippen LogP contribution in [0.5, 0.6) is 5.75 Å². The molecule has 4 rings (SSSR count). The molecule has 1 aliphatic heterocycles. The van der Waals surface area contributed by atoms with Crippen molar-refractivity contribution >= 4 is 40.3 Å². The first-order chi connectivity index (χ1) is 14.6. The van der Waals surface area contributed by atoms with Crippen LogP contribution in [0.4, 0.5) is 0 Å². The number of thioether (sulfide) groups is 1. The predicted molar refractivity (Wildman–Crippen MR) is 127 cm³/mol. The van der Waals surface area contributed by atoms with Gasteiger partial charge in [0.2, 0.25) is 0 Å². The topological polar surface area (TPSA) is 29.5 Å². The number of nitrogens with zero attached hydrogens (tertiary/aromatic N) is 1. The van der Waals surface area contributed by atoms with Gasteiger partial charge in [-0.25, -0.2) is 0 Å². The van der Waals surface area contributed by atoms with Crippen LogP contribution < -0.4 is 4.74 Å². The molecular weight excluding hydrogens is 410 g/mol. The van der Waals surface area contributed by atoms with Crippen LogP contribution in [-0.2, 0) is 11.3 Å². The van der Waals surface area contributed by atoms with Gasteiger partial charge >= 0.3 is 0 Å². The quantitative estimate of drug-likeness (QED) is 0.342. The van der Waals surface area contributed by atoms with E-state index in [9.17, 15) is 4.79 Å². The van der Waals surface area contributed by atoms with Gasteiger partial charge in [0.25, 0.3) is 5.91 Å². The Kier molecular flexibility index (Phi) is 6.31. The zero-order valence-electron chi connectivity index (χ0n) is 16.5. The summed E-state index contributed by atoms with van der Waals surface area (Å²) in [5, 5.41) is 0. The molecule has 1 saturated heterocycles. The zero-order valence-corrected chi connectivity index (χ0v) is 18.2. The summed E-state index contributed by atoms with van der Waals surface area (Å²) in [6, 6.07) is 27.8. The number of benzene rings is 3. The van der Waals surface area contributed by atoms with Crippen molar-refractivity contribution in [2.24, 2.45) is 0 Å². The Balaban J connectivity index is 1.43. The van der Waals surface area contributed by atoms with Gasteiger partial charge in [0.05, 0.1) is 11.4 Å². The smallest absolute Gasteiger partial charge is 0.266 e. The largest absolute Gasteiger partial charge is 0.486 e. The van der Waals surface area contributed by atoms with E-state index in [2.05, 4.69) is 12.1 Å². The number of hydrogen-bond acceptors (Lipinski definition) is 4. The second-order valence-electron chi connectivity index (χ2n) is 6.99. The summed E-state index contributed by atoms with van der Waals surface area (Å²) in [7, 11) is 0. The third-order valence-electron chi connectivity index (χ3n) is 4.82. The Morgan fingerprint density at radius 1 is 0.967 bits per heavy atom. The lowest BCUT2D eigenvalue weighted by molar-refractivity contribution is -0.122. The first-order valence-electron chi connectivity index (χ1n) is 9.71. The fraction of sp³-hybridized carbons (Fsp3) is 0.120. The van der Waals surface area contributed by atoms with E-state index in [4.69, 9.17) is 17.0 Å². The molecular formula is C25H21NO2S2. The third-order valence-corrected chi connectivity index (χ3v) is 6.19. The SMILES string of the molecule is CC(Oc1ccc(C=C2SC(=S)N(Cc3ccccc3)C2=O)cc1)c1ccccc1. The molecule has 5 heteroatoms. The highest BCUT2D eigenvalue weighted by Gasteiger charge is 2.31. The molecule has 0 N–H and O–H groups in total. The number of carbonyl (C=O) groups is 1. The molecule has 3 nitrogen and oxygen atoms in total. The summed E-state index contributed by atoms with van der Waals surface area (Å²) in [6.45, 7) is 2.52. The van der Waals surface area contributed by atoms with Crippen LogP contribution in [0.2, 0.25) is 0 Å². The average molecular weight is 432 g/mol. The van der Waals surface area contributed by atoms with Crippen LogP contribution in [0, 0.1) is 0 Å². The molecule has 0 radical (unpaired) electrons. The Hall–Kier alpha value is -2.89. The predicted octanol–water partition coefficient (Wildman–Crippen LogP) is 6.23. The number of rotatable bonds is 6. The fourth-order valence-electron chi connectivity index (χ4n) is 3.19. The standard InChI is InChI=1S/C25H21NO2S2/c1-18(21-10-6-3-7-11-21)28-22-14-12-19(13-15-22)16-23-24(27)26(25(29)30-23)17-20-8-4-2-5-9-20/h2-16,18H,17H2,1H3. The molecule has 3 aromatic rings. The molecule has 30 heavy (non-hydrogen) atoms. The van der Waals surface area contributed by atoms with Crippen molar-refractivity contribution in [2.45, 2.75) is 19.6 Å². The van der Waals surface area contributed by atoms with E-state index in [-0.39, 0.29) is 12.0 Å². The molecule has 1 unspecified atom stereocenters. The van der Waals surface area contributed by atoms with Crippen molar-refractivity contribution in [2.75, 3.05) is 0 Å². The van der Waals surface area contributed by atoms with Crippen molar-refractivity contribution < 1.29 is 9.53 Å². The lowest BCUT2D eigenvalue weighted by Crippen LogP contribution is -2.27. The number of hydrogen-bond donors (Lipinski definition) is 0. The van der Waals surface area contributed by atoms with Gasteiger partial charge in [-0.15, -0.1) is 0 Å². The summed E-state index contributed by atoms with van der Waals surface area (Å²) in [4.78, 5) is 15.1. The first kappa shape index (κ1) is 20.4. The first-order valence-corrected chi connectivity index (χ1v) is 10.9. The minimum atomic E-state index is -0.0492. The highest BCUT2D eigenvalue weighted by molar-refractivity contribution is 8.26. The highest BCUT2D eigenvalue weighted by Crippen LogP contribution is 2.34. The van der Waals surface area contributed by atoms with Crippen molar-refractivity contribution in [3.63, 3.8) is 0 Å². The molecule has 0 aliphatic carbocycles. The van der Waals surface area contributed by atoms with Crippen molar-refractivity contribution in [3.8, 4) is 5.75 Å². The highest BCUT2D eigenvalue weighted by atomic mass is 32.2. The van der Waals surface area contributed by atoms with Crippen LogP contribution in [0.1, 0.15) is 29.7 Å². The van der Waals surface area contributed by atoms with Crippen molar-refractivity contribution in [1.82, 2.24) is 4.90 Å². The van der Waals surface area contributed by atoms with Crippen LogP contribution in [0.3, 0.4) is 0 Å². The third kappa shape index (κ3) is 4.81. The minimum absolute atomic E-state index is 0.0358. The van der Waals surface area contributed by atoms with E-state index in [0.717, 1.165) is 22.4 Å². The molecule has 1 fully saturated rings. The number of ether oxygens (including phenoxy) is 1. The second kappa shape index (κ2) is 9.28. The van der Waals surface area contributed by atoms with Crippen LogP contribution in [-0.4, -0.2) is 15.1 Å². The maximum absolute atomic E-state index is 12.8. The van der Waals surface area contributed by atoms with Gasteiger partial charge in [0, 0.05) is 0 Å². The molecule has 3 aromatic carbocycles. The van der Waals surface area contributed by atoms with Crippen LogP contribution >= 0.6 is 24.0 Å². The van der Waals surface area contributed by atoms with E-state index >= 15 is 0 Å². The van der Waals surface area contributed by atoms with Gasteiger partial charge < -0.3 is 4.74 Å². The second-order valence-corrected chi connectivity index (χ2v) is 8.67. The van der Waals surface area contributed by atoms with Gasteiger partial charge in [0.1, 0.15) is 16.2 Å². The van der Waals surface area contributed by atoms with E-state index in [1.165, 1.54) is 11.8 Å². The maximum atomic E-state index is 12.8. The van der Waals surface area contributed by atoms with E-state index in [1.54, 1.807) is 4.90 Å². The molecule has 1 aliphatic rings. The molecule has 1 atom stereocenters. The van der Waals surface area contributed by atoms with E-state index in [0.29, 0.717) is 15.8 Å². The zero-order chi connectivity index (χ0) is 20.9. The summed E-state index contributed by atoms with van der Waals surface area (Å²) in [5.41, 5.74) is 3.13. The monoisotopic (exact) mass is 431 g/mol. The summed E-state index contributed by atoms with van der Waals surface area (Å²) in [5.74, 6) is 0.743. The number of thiocarbonyl (C=S) groups is 1. The molecule has 0 saturated carbocycles.